The maximum atomic E-state index is 8.36. The molecule has 0 aliphatic carbocycles. The van der Waals surface area contributed by atoms with Crippen LogP contribution in [0.4, 0.5) is 0 Å². The Kier molecular flexibility index (Phi) is 15.5. The minimum atomic E-state index is -0.250. The molecule has 0 saturated carbocycles. The van der Waals surface area contributed by atoms with E-state index in [1.54, 1.807) is 0 Å². The van der Waals surface area contributed by atoms with Gasteiger partial charge in [0.1, 0.15) is 0 Å². The molecule has 1 aliphatic rings. The summed E-state index contributed by atoms with van der Waals surface area (Å²) in [7, 11) is 0. The first kappa shape index (κ1) is 14.7. The van der Waals surface area contributed by atoms with Crippen molar-refractivity contribution in [3.8, 4) is 0 Å². The second-order valence-corrected chi connectivity index (χ2v) is 2.42. The van der Waals surface area contributed by atoms with Gasteiger partial charge >= 0.3 is 0 Å². The van der Waals surface area contributed by atoms with E-state index in [0.717, 1.165) is 12.5 Å². The standard InChI is InChI=1S/C7H13N.C2H6.CH2O2/c1-2-4-7-5-3-6-8-7;1-2;2-1-3/h2,7-8H,1,3-6H2;1-2H3;1H,(H,2,3)/t7-;;/m1../s1. The lowest BCUT2D eigenvalue weighted by Crippen LogP contribution is -2.19. The van der Waals surface area contributed by atoms with Crippen LogP contribution in [0.1, 0.15) is 33.1 Å². The molecule has 1 fully saturated rings. The first-order valence-electron chi connectivity index (χ1n) is 4.77. The summed E-state index contributed by atoms with van der Waals surface area (Å²) in [6.07, 6.45) is 5.81. The van der Waals surface area contributed by atoms with Gasteiger partial charge in [0.25, 0.3) is 6.47 Å². The molecule has 0 radical (unpaired) electrons. The smallest absolute Gasteiger partial charge is 0.290 e. The normalized spacial score (nSPS) is 18.8. The second-order valence-electron chi connectivity index (χ2n) is 2.42. The van der Waals surface area contributed by atoms with Crippen molar-refractivity contribution < 1.29 is 9.90 Å². The van der Waals surface area contributed by atoms with Crippen LogP contribution >= 0.6 is 0 Å². The maximum Gasteiger partial charge on any atom is 0.290 e. The third-order valence-electron chi connectivity index (χ3n) is 1.61. The average molecular weight is 187 g/mol. The van der Waals surface area contributed by atoms with Gasteiger partial charge in [0.15, 0.2) is 0 Å². The molecule has 13 heavy (non-hydrogen) atoms. The molecule has 1 rings (SSSR count). The van der Waals surface area contributed by atoms with Gasteiger partial charge in [0.2, 0.25) is 0 Å². The van der Waals surface area contributed by atoms with E-state index in [-0.39, 0.29) is 6.47 Å². The van der Waals surface area contributed by atoms with E-state index in [1.807, 2.05) is 19.9 Å². The van der Waals surface area contributed by atoms with Crippen LogP contribution in [0.5, 0.6) is 0 Å². The van der Waals surface area contributed by atoms with Gasteiger partial charge in [-0.3, -0.25) is 4.79 Å². The van der Waals surface area contributed by atoms with Crippen LogP contribution in [0.3, 0.4) is 0 Å². The van der Waals surface area contributed by atoms with Gasteiger partial charge in [0.05, 0.1) is 0 Å². The summed E-state index contributed by atoms with van der Waals surface area (Å²) in [5.74, 6) is 0. The van der Waals surface area contributed by atoms with Crippen molar-refractivity contribution in [3.63, 3.8) is 0 Å². The van der Waals surface area contributed by atoms with Crippen LogP contribution in [0.15, 0.2) is 12.7 Å². The summed E-state index contributed by atoms with van der Waals surface area (Å²) in [5, 5.41) is 10.3. The van der Waals surface area contributed by atoms with Crippen molar-refractivity contribution in [1.82, 2.24) is 5.32 Å². The molecule has 0 aromatic carbocycles. The fourth-order valence-corrected chi connectivity index (χ4v) is 1.16. The van der Waals surface area contributed by atoms with Gasteiger partial charge in [-0.25, -0.2) is 0 Å². The zero-order valence-electron chi connectivity index (χ0n) is 8.62. The van der Waals surface area contributed by atoms with Crippen molar-refractivity contribution >= 4 is 6.47 Å². The monoisotopic (exact) mass is 187 g/mol. The number of carbonyl (C=O) groups is 1. The van der Waals surface area contributed by atoms with Crippen molar-refractivity contribution in [3.05, 3.63) is 12.7 Å². The molecule has 78 valence electrons. The van der Waals surface area contributed by atoms with E-state index in [0.29, 0.717) is 0 Å². The second kappa shape index (κ2) is 13.7. The Morgan fingerprint density at radius 1 is 1.62 bits per heavy atom. The fraction of sp³-hybridized carbons (Fsp3) is 0.700. The first-order valence-corrected chi connectivity index (χ1v) is 4.77. The lowest BCUT2D eigenvalue weighted by atomic mass is 10.2. The zero-order valence-corrected chi connectivity index (χ0v) is 8.62. The average Bonchev–Trinajstić information content (AvgIpc) is 2.63. The van der Waals surface area contributed by atoms with E-state index in [2.05, 4.69) is 11.9 Å². The van der Waals surface area contributed by atoms with Crippen LogP contribution in [0.25, 0.3) is 0 Å². The molecular weight excluding hydrogens is 166 g/mol. The molecule has 3 nitrogen and oxygen atoms in total. The first-order chi connectivity index (χ1) is 6.35. The number of hydrogen-bond acceptors (Lipinski definition) is 2. The molecule has 0 aromatic rings. The summed E-state index contributed by atoms with van der Waals surface area (Å²) in [5.41, 5.74) is 0. The third-order valence-corrected chi connectivity index (χ3v) is 1.61. The predicted molar refractivity (Wildman–Crippen MR) is 55.9 cm³/mol. The zero-order chi connectivity index (χ0) is 10.5. The van der Waals surface area contributed by atoms with Gasteiger partial charge in [0, 0.05) is 6.04 Å². The highest BCUT2D eigenvalue weighted by molar-refractivity contribution is 5.32. The van der Waals surface area contributed by atoms with Gasteiger partial charge in [-0.1, -0.05) is 19.9 Å². The van der Waals surface area contributed by atoms with Crippen LogP contribution in [0.2, 0.25) is 0 Å². The minimum absolute atomic E-state index is 0.250. The fourth-order valence-electron chi connectivity index (χ4n) is 1.16. The van der Waals surface area contributed by atoms with Crippen LogP contribution in [-0.2, 0) is 4.79 Å². The van der Waals surface area contributed by atoms with Gasteiger partial charge in [-0.2, -0.15) is 0 Å². The largest absolute Gasteiger partial charge is 0.483 e. The van der Waals surface area contributed by atoms with E-state index < -0.39 is 0 Å². The SMILES string of the molecule is C=CC[C@@H]1CCCN1.CC.O=CO. The molecular formula is C10H21NO2. The summed E-state index contributed by atoms with van der Waals surface area (Å²) in [6, 6.07) is 0.743. The maximum absolute atomic E-state index is 8.36. The van der Waals surface area contributed by atoms with Crippen LogP contribution in [0, 0.1) is 0 Å². The number of carboxylic acid groups (broad SMARTS) is 1. The molecule has 3 heteroatoms. The summed E-state index contributed by atoms with van der Waals surface area (Å²) in [6.45, 7) is 8.64. The Balaban J connectivity index is 0. The van der Waals surface area contributed by atoms with Gasteiger partial charge < -0.3 is 10.4 Å². The molecule has 0 unspecified atom stereocenters. The van der Waals surface area contributed by atoms with Crippen LogP contribution < -0.4 is 5.32 Å². The topological polar surface area (TPSA) is 49.3 Å². The molecule has 2 N–H and O–H groups in total. The van der Waals surface area contributed by atoms with Gasteiger partial charge in [-0.05, 0) is 25.8 Å². The Labute approximate surface area is 80.8 Å². The Bertz CT molecular complexity index is 109. The predicted octanol–water partition coefficient (Wildman–Crippen LogP) is 2.04. The Hall–Kier alpha value is -0.830. The number of nitrogens with one attached hydrogen (secondary N) is 1. The molecule has 0 bridgehead atoms. The van der Waals surface area contributed by atoms with E-state index in [9.17, 15) is 0 Å². The van der Waals surface area contributed by atoms with Crippen molar-refractivity contribution in [2.75, 3.05) is 6.54 Å². The molecule has 1 saturated heterocycles. The van der Waals surface area contributed by atoms with E-state index in [4.69, 9.17) is 9.90 Å². The highest BCUT2D eigenvalue weighted by Crippen LogP contribution is 2.07. The van der Waals surface area contributed by atoms with E-state index in [1.165, 1.54) is 19.4 Å². The van der Waals surface area contributed by atoms with Crippen LogP contribution in [-0.4, -0.2) is 24.2 Å². The van der Waals surface area contributed by atoms with Crippen molar-refractivity contribution in [2.24, 2.45) is 0 Å². The third kappa shape index (κ3) is 11.2. The van der Waals surface area contributed by atoms with Crippen molar-refractivity contribution in [2.45, 2.75) is 39.2 Å². The molecule has 0 amide bonds. The molecule has 1 heterocycles. The van der Waals surface area contributed by atoms with Crippen molar-refractivity contribution in [1.29, 1.82) is 0 Å². The van der Waals surface area contributed by atoms with Gasteiger partial charge in [-0.15, -0.1) is 6.58 Å². The number of rotatable bonds is 2. The highest BCUT2D eigenvalue weighted by atomic mass is 16.3. The molecule has 1 aliphatic heterocycles. The highest BCUT2D eigenvalue weighted by Gasteiger charge is 2.10. The Morgan fingerprint density at radius 2 is 2.15 bits per heavy atom. The lowest BCUT2D eigenvalue weighted by molar-refractivity contribution is -0.122. The summed E-state index contributed by atoms with van der Waals surface area (Å²) >= 11 is 0. The lowest BCUT2D eigenvalue weighted by Gasteiger charge is -2.03. The quantitative estimate of drug-likeness (QED) is 0.514. The van der Waals surface area contributed by atoms with E-state index >= 15 is 0 Å². The Morgan fingerprint density at radius 3 is 2.46 bits per heavy atom. The minimum Gasteiger partial charge on any atom is -0.483 e. The summed E-state index contributed by atoms with van der Waals surface area (Å²) < 4.78 is 0. The molecule has 0 aromatic heterocycles. The number of hydrogen-bond donors (Lipinski definition) is 2. The molecule has 1 atom stereocenters. The molecule has 0 spiro atoms. The summed E-state index contributed by atoms with van der Waals surface area (Å²) in [4.78, 5) is 8.36.